The lowest BCUT2D eigenvalue weighted by atomic mass is 10.2. The monoisotopic (exact) mass is 248 g/mol. The molecule has 1 amide bonds. The third-order valence-electron chi connectivity index (χ3n) is 2.14. The molecule has 1 rings (SSSR count). The first-order valence-electron chi connectivity index (χ1n) is 5.38. The number of rotatable bonds is 4. The molecule has 1 aromatic rings. The summed E-state index contributed by atoms with van der Waals surface area (Å²) in [6.07, 6.45) is 0. The van der Waals surface area contributed by atoms with Crippen LogP contribution in [0.25, 0.3) is 0 Å². The average Bonchev–Trinajstić information content (AvgIpc) is 2.42. The molecule has 0 aliphatic rings. The molecule has 18 heavy (non-hydrogen) atoms. The molecular formula is C13H16N2O3. The molecule has 0 atom stereocenters. The Morgan fingerprint density at radius 3 is 2.39 bits per heavy atom. The zero-order valence-electron chi connectivity index (χ0n) is 10.4. The Bertz CT molecular complexity index is 453. The Balaban J connectivity index is 2.71. The molecule has 5 heteroatoms. The third kappa shape index (κ3) is 4.36. The van der Waals surface area contributed by atoms with Gasteiger partial charge in [-0.05, 0) is 12.1 Å². The van der Waals surface area contributed by atoms with Gasteiger partial charge in [0.2, 0.25) is 5.91 Å². The van der Waals surface area contributed by atoms with Crippen molar-refractivity contribution >= 4 is 5.91 Å². The second-order valence-corrected chi connectivity index (χ2v) is 3.38. The van der Waals surface area contributed by atoms with Crippen molar-refractivity contribution in [2.24, 2.45) is 5.73 Å². The first kappa shape index (κ1) is 13.9. The molecule has 5 nitrogen and oxygen atoms in total. The van der Waals surface area contributed by atoms with E-state index in [2.05, 4.69) is 17.2 Å². The van der Waals surface area contributed by atoms with Crippen LogP contribution in [0.5, 0.6) is 11.5 Å². The van der Waals surface area contributed by atoms with E-state index >= 15 is 0 Å². The maximum absolute atomic E-state index is 10.9. The van der Waals surface area contributed by atoms with Gasteiger partial charge >= 0.3 is 0 Å². The summed E-state index contributed by atoms with van der Waals surface area (Å²) in [7, 11) is 3.15. The van der Waals surface area contributed by atoms with Crippen LogP contribution in [0, 0.1) is 11.8 Å². The number of carbonyl (C=O) groups excluding carboxylic acids is 1. The normalized spacial score (nSPS) is 9.06. The van der Waals surface area contributed by atoms with Crippen molar-refractivity contribution in [3.63, 3.8) is 0 Å². The molecule has 0 bridgehead atoms. The number of ether oxygens (including phenoxy) is 2. The zero-order chi connectivity index (χ0) is 13.4. The standard InChI is InChI=1S/C13H16N2O3/c1-17-11-6-10(7-12(8-11)18-2)4-3-5-15-13(16)9-14/h6-8H,5,9,14H2,1-2H3,(H,15,16). The first-order valence-corrected chi connectivity index (χ1v) is 5.38. The Hall–Kier alpha value is -2.19. The summed E-state index contributed by atoms with van der Waals surface area (Å²) in [6.45, 7) is 0.226. The van der Waals surface area contributed by atoms with Gasteiger partial charge < -0.3 is 20.5 Å². The summed E-state index contributed by atoms with van der Waals surface area (Å²) in [5.41, 5.74) is 5.91. The van der Waals surface area contributed by atoms with E-state index in [4.69, 9.17) is 15.2 Å². The Morgan fingerprint density at radius 1 is 1.28 bits per heavy atom. The van der Waals surface area contributed by atoms with Crippen LogP contribution in [0.3, 0.4) is 0 Å². The number of carbonyl (C=O) groups is 1. The Labute approximate surface area is 106 Å². The minimum Gasteiger partial charge on any atom is -0.497 e. The number of benzene rings is 1. The summed E-state index contributed by atoms with van der Waals surface area (Å²) in [5.74, 6) is 6.84. The van der Waals surface area contributed by atoms with Crippen molar-refractivity contribution in [1.82, 2.24) is 5.32 Å². The lowest BCUT2D eigenvalue weighted by Gasteiger charge is -2.04. The molecular weight excluding hydrogens is 232 g/mol. The minimum absolute atomic E-state index is 0.0331. The number of nitrogens with two attached hydrogens (primary N) is 1. The van der Waals surface area contributed by atoms with Crippen molar-refractivity contribution in [1.29, 1.82) is 0 Å². The van der Waals surface area contributed by atoms with E-state index in [9.17, 15) is 4.79 Å². The summed E-state index contributed by atoms with van der Waals surface area (Å²) >= 11 is 0. The molecule has 0 saturated carbocycles. The molecule has 0 aromatic heterocycles. The summed E-state index contributed by atoms with van der Waals surface area (Å²) in [6, 6.07) is 5.35. The number of hydrogen-bond acceptors (Lipinski definition) is 4. The van der Waals surface area contributed by atoms with Gasteiger partial charge in [-0.2, -0.15) is 0 Å². The summed E-state index contributed by atoms with van der Waals surface area (Å²) in [4.78, 5) is 10.9. The molecule has 0 fully saturated rings. The van der Waals surface area contributed by atoms with Gasteiger partial charge in [0.05, 0.1) is 27.3 Å². The largest absolute Gasteiger partial charge is 0.497 e. The van der Waals surface area contributed by atoms with Gasteiger partial charge in [0.1, 0.15) is 11.5 Å². The van der Waals surface area contributed by atoms with E-state index in [1.165, 1.54) is 0 Å². The van der Waals surface area contributed by atoms with Crippen LogP contribution < -0.4 is 20.5 Å². The molecule has 1 aromatic carbocycles. The fourth-order valence-corrected chi connectivity index (χ4v) is 1.24. The highest BCUT2D eigenvalue weighted by Gasteiger charge is 1.99. The van der Waals surface area contributed by atoms with Crippen LogP contribution in [0.4, 0.5) is 0 Å². The van der Waals surface area contributed by atoms with Gasteiger partial charge in [-0.3, -0.25) is 4.79 Å². The second-order valence-electron chi connectivity index (χ2n) is 3.38. The van der Waals surface area contributed by atoms with Gasteiger partial charge in [-0.25, -0.2) is 0 Å². The van der Waals surface area contributed by atoms with E-state index in [1.807, 2.05) is 0 Å². The van der Waals surface area contributed by atoms with Crippen LogP contribution in [0.15, 0.2) is 18.2 Å². The van der Waals surface area contributed by atoms with E-state index in [1.54, 1.807) is 32.4 Å². The highest BCUT2D eigenvalue weighted by Crippen LogP contribution is 2.21. The van der Waals surface area contributed by atoms with Crippen LogP contribution in [0.1, 0.15) is 5.56 Å². The number of methoxy groups -OCH3 is 2. The maximum atomic E-state index is 10.9. The zero-order valence-corrected chi connectivity index (χ0v) is 10.4. The number of hydrogen-bond donors (Lipinski definition) is 2. The molecule has 0 aliphatic carbocycles. The van der Waals surface area contributed by atoms with Crippen LogP contribution in [-0.2, 0) is 4.79 Å². The Kier molecular flexibility index (Phi) is 5.55. The predicted molar refractivity (Wildman–Crippen MR) is 68.5 cm³/mol. The predicted octanol–water partition coefficient (Wildman–Crippen LogP) is 0.130. The summed E-state index contributed by atoms with van der Waals surface area (Å²) < 4.78 is 10.3. The molecule has 3 N–H and O–H groups in total. The van der Waals surface area contributed by atoms with Crippen LogP contribution >= 0.6 is 0 Å². The fraction of sp³-hybridized carbons (Fsp3) is 0.308. The highest BCUT2D eigenvalue weighted by atomic mass is 16.5. The van der Waals surface area contributed by atoms with Gasteiger partial charge in [0.25, 0.3) is 0 Å². The SMILES string of the molecule is COc1cc(C#CCNC(=O)CN)cc(OC)c1. The van der Waals surface area contributed by atoms with Crippen molar-refractivity contribution < 1.29 is 14.3 Å². The molecule has 0 radical (unpaired) electrons. The Morgan fingerprint density at radius 2 is 1.89 bits per heavy atom. The van der Waals surface area contributed by atoms with Crippen LogP contribution in [-0.4, -0.2) is 33.2 Å². The van der Waals surface area contributed by atoms with Gasteiger partial charge in [0.15, 0.2) is 0 Å². The van der Waals surface area contributed by atoms with E-state index < -0.39 is 0 Å². The molecule has 0 aliphatic heterocycles. The average molecular weight is 248 g/mol. The smallest absolute Gasteiger partial charge is 0.234 e. The fourth-order valence-electron chi connectivity index (χ4n) is 1.24. The molecule has 0 unspecified atom stereocenters. The lowest BCUT2D eigenvalue weighted by molar-refractivity contribution is -0.119. The van der Waals surface area contributed by atoms with E-state index in [0.29, 0.717) is 11.5 Å². The molecule has 0 saturated heterocycles. The topological polar surface area (TPSA) is 73.6 Å². The first-order chi connectivity index (χ1) is 8.69. The van der Waals surface area contributed by atoms with Crippen LogP contribution in [0.2, 0.25) is 0 Å². The second kappa shape index (κ2) is 7.20. The highest BCUT2D eigenvalue weighted by molar-refractivity contribution is 5.77. The quantitative estimate of drug-likeness (QED) is 0.743. The van der Waals surface area contributed by atoms with E-state index in [0.717, 1.165) is 5.56 Å². The van der Waals surface area contributed by atoms with Crippen molar-refractivity contribution in [3.8, 4) is 23.3 Å². The summed E-state index contributed by atoms with van der Waals surface area (Å²) in [5, 5.41) is 2.56. The maximum Gasteiger partial charge on any atom is 0.234 e. The number of nitrogens with one attached hydrogen (secondary N) is 1. The van der Waals surface area contributed by atoms with Gasteiger partial charge in [0, 0.05) is 11.6 Å². The van der Waals surface area contributed by atoms with Gasteiger partial charge in [-0.1, -0.05) is 11.8 Å². The van der Waals surface area contributed by atoms with Crippen molar-refractivity contribution in [2.75, 3.05) is 27.3 Å². The molecule has 0 heterocycles. The van der Waals surface area contributed by atoms with Gasteiger partial charge in [-0.15, -0.1) is 0 Å². The molecule has 96 valence electrons. The van der Waals surface area contributed by atoms with Crippen molar-refractivity contribution in [3.05, 3.63) is 23.8 Å². The minimum atomic E-state index is -0.229. The van der Waals surface area contributed by atoms with E-state index in [-0.39, 0.29) is 19.0 Å². The van der Waals surface area contributed by atoms with Crippen molar-refractivity contribution in [2.45, 2.75) is 0 Å². The lowest BCUT2D eigenvalue weighted by Crippen LogP contribution is -2.30. The molecule has 0 spiro atoms. The number of amides is 1. The third-order valence-corrected chi connectivity index (χ3v) is 2.14.